The van der Waals surface area contributed by atoms with Crippen LogP contribution in [0.1, 0.15) is 58.3 Å². The summed E-state index contributed by atoms with van der Waals surface area (Å²) in [6, 6.07) is 0. The van der Waals surface area contributed by atoms with Crippen molar-refractivity contribution in [2.75, 3.05) is 0 Å². The molecule has 0 radical (unpaired) electrons. The van der Waals surface area contributed by atoms with Gasteiger partial charge in [0.2, 0.25) is 0 Å². The van der Waals surface area contributed by atoms with Gasteiger partial charge in [0, 0.05) is 6.42 Å². The van der Waals surface area contributed by atoms with Crippen molar-refractivity contribution in [3.05, 3.63) is 0 Å². The molecular formula is C12H21F3O. The molecule has 0 amide bonds. The second kappa shape index (κ2) is 5.39. The number of aliphatic hydroxyl groups is 1. The van der Waals surface area contributed by atoms with Gasteiger partial charge in [0.1, 0.15) is 0 Å². The standard InChI is InChI=1S/C12H21F3O/c1-2-10-4-8-11(16,9-5-10)6-3-7-12(13,14)15/h10,16H,2-9H2,1H3. The van der Waals surface area contributed by atoms with E-state index in [4.69, 9.17) is 0 Å². The van der Waals surface area contributed by atoms with Gasteiger partial charge in [0.05, 0.1) is 5.60 Å². The minimum absolute atomic E-state index is 0.0524. The summed E-state index contributed by atoms with van der Waals surface area (Å²) in [7, 11) is 0. The molecule has 1 nitrogen and oxygen atoms in total. The first-order valence-electron chi connectivity index (χ1n) is 6.14. The van der Waals surface area contributed by atoms with Crippen molar-refractivity contribution in [3.63, 3.8) is 0 Å². The molecule has 0 aromatic heterocycles. The number of alkyl halides is 3. The van der Waals surface area contributed by atoms with E-state index in [0.29, 0.717) is 25.2 Å². The van der Waals surface area contributed by atoms with E-state index in [2.05, 4.69) is 6.92 Å². The van der Waals surface area contributed by atoms with Gasteiger partial charge in [-0.05, 0) is 44.4 Å². The van der Waals surface area contributed by atoms with Gasteiger partial charge in [-0.3, -0.25) is 0 Å². The number of rotatable bonds is 4. The van der Waals surface area contributed by atoms with Gasteiger partial charge in [-0.15, -0.1) is 0 Å². The summed E-state index contributed by atoms with van der Waals surface area (Å²) >= 11 is 0. The van der Waals surface area contributed by atoms with Crippen LogP contribution in [0.15, 0.2) is 0 Å². The maximum atomic E-state index is 12.0. The summed E-state index contributed by atoms with van der Waals surface area (Å²) in [5, 5.41) is 10.1. The smallest absolute Gasteiger partial charge is 0.389 e. The molecule has 1 N–H and O–H groups in total. The molecule has 0 heterocycles. The van der Waals surface area contributed by atoms with Crippen molar-refractivity contribution in [1.82, 2.24) is 0 Å². The van der Waals surface area contributed by atoms with Crippen LogP contribution in [0.2, 0.25) is 0 Å². The van der Waals surface area contributed by atoms with Gasteiger partial charge >= 0.3 is 6.18 Å². The van der Waals surface area contributed by atoms with E-state index < -0.39 is 18.2 Å². The average Bonchev–Trinajstić information content (AvgIpc) is 2.17. The fourth-order valence-corrected chi connectivity index (χ4v) is 2.49. The van der Waals surface area contributed by atoms with E-state index in [1.54, 1.807) is 0 Å². The topological polar surface area (TPSA) is 20.2 Å². The molecule has 1 rings (SSSR count). The molecule has 1 saturated carbocycles. The first kappa shape index (κ1) is 13.8. The van der Waals surface area contributed by atoms with Gasteiger partial charge < -0.3 is 5.11 Å². The molecule has 0 aliphatic heterocycles. The third-order valence-electron chi connectivity index (χ3n) is 3.72. The van der Waals surface area contributed by atoms with E-state index in [1.165, 1.54) is 0 Å². The maximum absolute atomic E-state index is 12.0. The summed E-state index contributed by atoms with van der Waals surface area (Å²) in [5.74, 6) is 0.655. The first-order valence-corrected chi connectivity index (χ1v) is 6.14. The molecule has 0 atom stereocenters. The Hall–Kier alpha value is -0.250. The second-order valence-electron chi connectivity index (χ2n) is 5.04. The summed E-state index contributed by atoms with van der Waals surface area (Å²) in [6.45, 7) is 2.12. The van der Waals surface area contributed by atoms with Gasteiger partial charge in [-0.2, -0.15) is 13.2 Å². The number of hydrogen-bond acceptors (Lipinski definition) is 1. The lowest BCUT2D eigenvalue weighted by Gasteiger charge is -2.36. The molecule has 0 unspecified atom stereocenters. The van der Waals surface area contributed by atoms with Gasteiger partial charge in [-0.25, -0.2) is 0 Å². The third kappa shape index (κ3) is 4.73. The van der Waals surface area contributed by atoms with Crippen LogP contribution in [0.3, 0.4) is 0 Å². The van der Waals surface area contributed by atoms with Gasteiger partial charge in [0.25, 0.3) is 0 Å². The molecule has 0 spiro atoms. The Balaban J connectivity index is 2.26. The molecule has 96 valence electrons. The molecule has 1 fully saturated rings. The van der Waals surface area contributed by atoms with E-state index in [9.17, 15) is 18.3 Å². The van der Waals surface area contributed by atoms with Crippen LogP contribution in [0.25, 0.3) is 0 Å². The zero-order chi connectivity index (χ0) is 12.2. The van der Waals surface area contributed by atoms with Crippen molar-refractivity contribution in [2.45, 2.75) is 70.1 Å². The van der Waals surface area contributed by atoms with Crippen molar-refractivity contribution < 1.29 is 18.3 Å². The predicted octanol–water partition coefficient (Wildman–Crippen LogP) is 4.05. The molecule has 1 aliphatic carbocycles. The van der Waals surface area contributed by atoms with Crippen molar-refractivity contribution in [3.8, 4) is 0 Å². The molecular weight excluding hydrogens is 217 g/mol. The zero-order valence-corrected chi connectivity index (χ0v) is 9.82. The van der Waals surface area contributed by atoms with Crippen LogP contribution in [-0.2, 0) is 0 Å². The number of halogens is 3. The Bertz CT molecular complexity index is 205. The van der Waals surface area contributed by atoms with Crippen LogP contribution in [0.5, 0.6) is 0 Å². The lowest BCUT2D eigenvalue weighted by atomic mass is 9.75. The molecule has 16 heavy (non-hydrogen) atoms. The van der Waals surface area contributed by atoms with Crippen molar-refractivity contribution >= 4 is 0 Å². The molecule has 0 aromatic carbocycles. The maximum Gasteiger partial charge on any atom is 0.389 e. The van der Waals surface area contributed by atoms with Gasteiger partial charge in [-0.1, -0.05) is 13.3 Å². The molecule has 4 heteroatoms. The normalized spacial score (nSPS) is 31.7. The zero-order valence-electron chi connectivity index (χ0n) is 9.82. The summed E-state index contributed by atoms with van der Waals surface area (Å²) < 4.78 is 35.9. The summed E-state index contributed by atoms with van der Waals surface area (Å²) in [4.78, 5) is 0. The predicted molar refractivity (Wildman–Crippen MR) is 57.1 cm³/mol. The molecule has 0 saturated heterocycles. The van der Waals surface area contributed by atoms with E-state index in [-0.39, 0.29) is 6.42 Å². The number of hydrogen-bond donors (Lipinski definition) is 1. The first-order chi connectivity index (χ1) is 7.35. The lowest BCUT2D eigenvalue weighted by molar-refractivity contribution is -0.138. The fraction of sp³-hybridized carbons (Fsp3) is 1.00. The molecule has 1 aliphatic rings. The van der Waals surface area contributed by atoms with Crippen LogP contribution in [-0.4, -0.2) is 16.9 Å². The third-order valence-corrected chi connectivity index (χ3v) is 3.72. The Morgan fingerprint density at radius 2 is 1.81 bits per heavy atom. The lowest BCUT2D eigenvalue weighted by Crippen LogP contribution is -2.34. The van der Waals surface area contributed by atoms with Gasteiger partial charge in [0.15, 0.2) is 0 Å². The van der Waals surface area contributed by atoms with Crippen molar-refractivity contribution in [2.24, 2.45) is 5.92 Å². The average molecular weight is 238 g/mol. The second-order valence-corrected chi connectivity index (χ2v) is 5.04. The van der Waals surface area contributed by atoms with E-state index >= 15 is 0 Å². The highest BCUT2D eigenvalue weighted by Gasteiger charge is 2.34. The molecule has 0 bridgehead atoms. The van der Waals surface area contributed by atoms with Crippen LogP contribution >= 0.6 is 0 Å². The highest BCUT2D eigenvalue weighted by atomic mass is 19.4. The SMILES string of the molecule is CCC1CCC(O)(CCCC(F)(F)F)CC1. The minimum atomic E-state index is -4.09. The Labute approximate surface area is 95.0 Å². The Morgan fingerprint density at radius 3 is 2.25 bits per heavy atom. The largest absolute Gasteiger partial charge is 0.390 e. The quantitative estimate of drug-likeness (QED) is 0.783. The monoisotopic (exact) mass is 238 g/mol. The molecule has 0 aromatic rings. The highest BCUT2D eigenvalue weighted by Crippen LogP contribution is 2.37. The fourth-order valence-electron chi connectivity index (χ4n) is 2.49. The van der Waals surface area contributed by atoms with Crippen LogP contribution in [0, 0.1) is 5.92 Å². The highest BCUT2D eigenvalue weighted by molar-refractivity contribution is 4.85. The minimum Gasteiger partial charge on any atom is -0.390 e. The van der Waals surface area contributed by atoms with Crippen molar-refractivity contribution in [1.29, 1.82) is 0 Å². The summed E-state index contributed by atoms with van der Waals surface area (Å²) in [6.07, 6.45) is -0.146. The van der Waals surface area contributed by atoms with Crippen LogP contribution < -0.4 is 0 Å². The Kier molecular flexibility index (Phi) is 4.65. The van der Waals surface area contributed by atoms with Crippen LogP contribution in [0.4, 0.5) is 13.2 Å². The van der Waals surface area contributed by atoms with E-state index in [1.807, 2.05) is 0 Å². The van der Waals surface area contributed by atoms with E-state index in [0.717, 1.165) is 19.3 Å². The summed E-state index contributed by atoms with van der Waals surface area (Å²) in [5.41, 5.74) is -0.822. The Morgan fingerprint density at radius 1 is 1.25 bits per heavy atom.